The number of sulfonamides is 1. The minimum Gasteiger partial charge on any atom is -0.281 e. The molecule has 0 aliphatic carbocycles. The van der Waals surface area contributed by atoms with Crippen LogP contribution in [0.3, 0.4) is 0 Å². The van der Waals surface area contributed by atoms with E-state index in [0.717, 1.165) is 11.3 Å². The van der Waals surface area contributed by atoms with E-state index in [1.165, 1.54) is 0 Å². The first-order valence-corrected chi connectivity index (χ1v) is 7.27. The maximum absolute atomic E-state index is 12.3. The van der Waals surface area contributed by atoms with Crippen LogP contribution in [0.1, 0.15) is 22.6 Å². The summed E-state index contributed by atoms with van der Waals surface area (Å²) in [6, 6.07) is 3.57. The van der Waals surface area contributed by atoms with Crippen LogP contribution in [-0.2, 0) is 10.0 Å². The Morgan fingerprint density at radius 1 is 1.16 bits per heavy atom. The monoisotopic (exact) mass is 280 g/mol. The smallest absolute Gasteiger partial charge is 0.266 e. The Morgan fingerprint density at radius 3 is 2.37 bits per heavy atom. The van der Waals surface area contributed by atoms with Gasteiger partial charge >= 0.3 is 0 Å². The van der Waals surface area contributed by atoms with Crippen molar-refractivity contribution in [3.8, 4) is 0 Å². The average Bonchev–Trinajstić information content (AvgIpc) is 2.56. The van der Waals surface area contributed by atoms with Crippen molar-refractivity contribution < 1.29 is 8.42 Å². The largest absolute Gasteiger partial charge is 0.281 e. The summed E-state index contributed by atoms with van der Waals surface area (Å²) in [5.74, 6) is 0.317. The molecule has 6 nitrogen and oxygen atoms in total. The van der Waals surface area contributed by atoms with Crippen LogP contribution < -0.4 is 4.72 Å². The number of aromatic amines is 1. The summed E-state index contributed by atoms with van der Waals surface area (Å²) >= 11 is 0. The third-order valence-corrected chi connectivity index (χ3v) is 4.28. The van der Waals surface area contributed by atoms with E-state index in [1.54, 1.807) is 19.9 Å². The maximum atomic E-state index is 12.3. The Bertz CT molecular complexity index is 680. The Kier molecular flexibility index (Phi) is 3.32. The molecule has 0 fully saturated rings. The lowest BCUT2D eigenvalue weighted by Crippen LogP contribution is -2.15. The van der Waals surface area contributed by atoms with Crippen LogP contribution in [0.15, 0.2) is 17.0 Å². The lowest BCUT2D eigenvalue weighted by Gasteiger charge is -2.08. The number of nitrogens with one attached hydrogen (secondary N) is 2. The minimum atomic E-state index is -3.67. The van der Waals surface area contributed by atoms with Crippen molar-refractivity contribution in [3.63, 3.8) is 0 Å². The number of aryl methyl sites for hydroxylation is 4. The number of rotatable bonds is 3. The van der Waals surface area contributed by atoms with E-state index in [9.17, 15) is 8.42 Å². The first-order chi connectivity index (χ1) is 8.79. The molecule has 0 saturated carbocycles. The van der Waals surface area contributed by atoms with Crippen LogP contribution >= 0.6 is 0 Å². The number of hydrogen-bond acceptors (Lipinski definition) is 4. The van der Waals surface area contributed by atoms with Crippen molar-refractivity contribution in [2.75, 3.05) is 4.72 Å². The summed E-state index contributed by atoms with van der Waals surface area (Å²) in [5, 5.41) is 6.56. The molecule has 0 aliphatic heterocycles. The van der Waals surface area contributed by atoms with E-state index < -0.39 is 10.0 Å². The van der Waals surface area contributed by atoms with Crippen molar-refractivity contribution in [1.82, 2.24) is 15.2 Å². The molecule has 0 atom stereocenters. The molecule has 2 N–H and O–H groups in total. The van der Waals surface area contributed by atoms with Gasteiger partial charge in [0.05, 0.1) is 11.4 Å². The summed E-state index contributed by atoms with van der Waals surface area (Å²) in [6.07, 6.45) is 0. The molecule has 7 heteroatoms. The first-order valence-electron chi connectivity index (χ1n) is 5.79. The van der Waals surface area contributed by atoms with Crippen LogP contribution in [0.25, 0.3) is 0 Å². The van der Waals surface area contributed by atoms with Gasteiger partial charge in [0.15, 0.2) is 0 Å². The normalized spacial score (nSPS) is 11.6. The van der Waals surface area contributed by atoms with E-state index in [1.807, 2.05) is 19.9 Å². The van der Waals surface area contributed by atoms with Gasteiger partial charge in [-0.2, -0.15) is 5.10 Å². The highest BCUT2D eigenvalue weighted by Crippen LogP contribution is 2.20. The van der Waals surface area contributed by atoms with Crippen LogP contribution in [0.5, 0.6) is 0 Å². The van der Waals surface area contributed by atoms with Gasteiger partial charge in [-0.25, -0.2) is 13.4 Å². The lowest BCUT2D eigenvalue weighted by molar-refractivity contribution is 0.600. The second-order valence-corrected chi connectivity index (χ2v) is 6.16. The molecular weight excluding hydrogens is 264 g/mol. The molecule has 0 saturated heterocycles. The zero-order valence-electron chi connectivity index (χ0n) is 11.3. The van der Waals surface area contributed by atoms with Gasteiger partial charge in [0.2, 0.25) is 0 Å². The molecule has 0 aliphatic rings. The fourth-order valence-electron chi connectivity index (χ4n) is 2.02. The molecule has 0 bridgehead atoms. The fourth-order valence-corrected chi connectivity index (χ4v) is 3.38. The number of aromatic nitrogens is 3. The van der Waals surface area contributed by atoms with Gasteiger partial charge in [0.25, 0.3) is 10.0 Å². The molecule has 2 rings (SSSR count). The van der Waals surface area contributed by atoms with E-state index in [2.05, 4.69) is 19.9 Å². The van der Waals surface area contributed by atoms with E-state index in [-0.39, 0.29) is 4.90 Å². The van der Waals surface area contributed by atoms with Gasteiger partial charge in [-0.3, -0.25) is 9.82 Å². The van der Waals surface area contributed by atoms with E-state index in [0.29, 0.717) is 17.2 Å². The number of H-pyrrole nitrogens is 1. The van der Waals surface area contributed by atoms with Gasteiger partial charge in [0, 0.05) is 5.69 Å². The topological polar surface area (TPSA) is 87.7 Å². The number of pyridine rings is 1. The van der Waals surface area contributed by atoms with Gasteiger partial charge in [-0.05, 0) is 45.4 Å². The molecule has 0 aromatic carbocycles. The maximum Gasteiger partial charge on any atom is 0.266 e. The molecule has 0 radical (unpaired) electrons. The fraction of sp³-hybridized carbons (Fsp3) is 0.333. The summed E-state index contributed by atoms with van der Waals surface area (Å²) in [7, 11) is -3.67. The van der Waals surface area contributed by atoms with Crippen molar-refractivity contribution in [1.29, 1.82) is 0 Å². The second kappa shape index (κ2) is 4.65. The quantitative estimate of drug-likeness (QED) is 0.898. The number of hydrogen-bond donors (Lipinski definition) is 2. The molecule has 2 aromatic rings. The summed E-state index contributed by atoms with van der Waals surface area (Å²) in [4.78, 5) is 4.34. The van der Waals surface area contributed by atoms with Crippen LogP contribution in [0.2, 0.25) is 0 Å². The molecule has 0 amide bonds. The van der Waals surface area contributed by atoms with Gasteiger partial charge < -0.3 is 0 Å². The summed E-state index contributed by atoms with van der Waals surface area (Å²) in [6.45, 7) is 7.02. The molecule has 2 heterocycles. The molecule has 19 heavy (non-hydrogen) atoms. The highest BCUT2D eigenvalue weighted by atomic mass is 32.2. The molecule has 0 spiro atoms. The molecule has 2 aromatic heterocycles. The van der Waals surface area contributed by atoms with Crippen molar-refractivity contribution in [2.45, 2.75) is 32.6 Å². The van der Waals surface area contributed by atoms with Crippen molar-refractivity contribution in [2.24, 2.45) is 0 Å². The predicted molar refractivity (Wildman–Crippen MR) is 72.6 cm³/mol. The zero-order chi connectivity index (χ0) is 14.2. The van der Waals surface area contributed by atoms with E-state index in [4.69, 9.17) is 0 Å². The highest BCUT2D eigenvalue weighted by Gasteiger charge is 2.22. The Hall–Kier alpha value is -1.89. The Balaban J connectivity index is 2.42. The van der Waals surface area contributed by atoms with Gasteiger partial charge in [-0.1, -0.05) is 0 Å². The average molecular weight is 280 g/mol. The molecule has 102 valence electrons. The summed E-state index contributed by atoms with van der Waals surface area (Å²) in [5.41, 5.74) is 2.66. The Morgan fingerprint density at radius 2 is 1.84 bits per heavy atom. The van der Waals surface area contributed by atoms with Gasteiger partial charge in [0.1, 0.15) is 10.7 Å². The Labute approximate surface area is 112 Å². The van der Waals surface area contributed by atoms with Crippen LogP contribution in [0.4, 0.5) is 5.82 Å². The van der Waals surface area contributed by atoms with Crippen molar-refractivity contribution >= 4 is 15.8 Å². The van der Waals surface area contributed by atoms with Crippen LogP contribution in [-0.4, -0.2) is 23.6 Å². The van der Waals surface area contributed by atoms with Crippen molar-refractivity contribution in [3.05, 3.63) is 34.8 Å². The second-order valence-electron chi connectivity index (χ2n) is 4.54. The predicted octanol–water partition coefficient (Wildman–Crippen LogP) is 1.84. The minimum absolute atomic E-state index is 0.174. The van der Waals surface area contributed by atoms with Crippen LogP contribution in [0, 0.1) is 27.7 Å². The lowest BCUT2D eigenvalue weighted by atomic mass is 10.2. The first kappa shape index (κ1) is 13.5. The number of anilines is 1. The standard InChI is InChI=1S/C12H16N4O2S/c1-7-5-8(2)13-11(6-7)16-19(17,18)12-9(3)14-15-10(12)4/h5-6H,1-4H3,(H,13,16)(H,14,15). The summed E-state index contributed by atoms with van der Waals surface area (Å²) < 4.78 is 27.1. The zero-order valence-corrected chi connectivity index (χ0v) is 12.1. The molecule has 0 unspecified atom stereocenters. The highest BCUT2D eigenvalue weighted by molar-refractivity contribution is 7.92. The van der Waals surface area contributed by atoms with E-state index >= 15 is 0 Å². The SMILES string of the molecule is Cc1cc(C)nc(NS(=O)(=O)c2c(C)n[nH]c2C)c1. The van der Waals surface area contributed by atoms with Gasteiger partial charge in [-0.15, -0.1) is 0 Å². The third-order valence-electron chi connectivity index (χ3n) is 2.67. The molecular formula is C12H16N4O2S. The number of nitrogens with zero attached hydrogens (tertiary/aromatic N) is 2. The third kappa shape index (κ3) is 2.76.